The molecule has 0 fully saturated rings. The van der Waals surface area contributed by atoms with Gasteiger partial charge in [0.2, 0.25) is 0 Å². The Hall–Kier alpha value is -3.45. The van der Waals surface area contributed by atoms with Gasteiger partial charge >= 0.3 is 11.9 Å². The highest BCUT2D eigenvalue weighted by Crippen LogP contribution is 2.41. The molecule has 0 aliphatic heterocycles. The molecule has 2 unspecified atom stereocenters. The number of nitrogens with zero attached hydrogens (tertiary/aromatic N) is 2. The second-order valence-electron chi connectivity index (χ2n) is 8.29. The predicted molar refractivity (Wildman–Crippen MR) is 132 cm³/mol. The largest absolute Gasteiger partial charge is 0.465 e. The van der Waals surface area contributed by atoms with Crippen LogP contribution >= 0.6 is 0 Å². The Balaban J connectivity index is 2.29. The van der Waals surface area contributed by atoms with Crippen LogP contribution < -0.4 is 0 Å². The second-order valence-corrected chi connectivity index (χ2v) is 10.4. The van der Waals surface area contributed by atoms with Crippen molar-refractivity contribution in [2.24, 2.45) is 0 Å². The lowest BCUT2D eigenvalue weighted by molar-refractivity contribution is 0.0591. The average Bonchev–Trinajstić information content (AvgIpc) is 3.48. The fourth-order valence-corrected chi connectivity index (χ4v) is 5.83. The van der Waals surface area contributed by atoms with Gasteiger partial charge in [0.1, 0.15) is 24.8 Å². The number of aromatic nitrogens is 2. The van der Waals surface area contributed by atoms with Gasteiger partial charge < -0.3 is 33.2 Å². The number of ether oxygens (including phenoxy) is 4. The fourth-order valence-electron chi connectivity index (χ4n) is 4.03. The van der Waals surface area contributed by atoms with Gasteiger partial charge in [-0.05, 0) is 31.2 Å². The van der Waals surface area contributed by atoms with Gasteiger partial charge in [-0.25, -0.2) is 18.0 Å². The summed E-state index contributed by atoms with van der Waals surface area (Å²) in [6.45, 7) is 1.64. The summed E-state index contributed by atoms with van der Waals surface area (Å²) in [5.74, 6) is -1.36. The first-order valence-electron chi connectivity index (χ1n) is 11.1. The summed E-state index contributed by atoms with van der Waals surface area (Å²) in [7, 11) is 0.969. The maximum absolute atomic E-state index is 14.1. The van der Waals surface area contributed by atoms with Crippen LogP contribution in [-0.2, 0) is 42.2 Å². The van der Waals surface area contributed by atoms with Gasteiger partial charge in [0.25, 0.3) is 0 Å². The molecule has 0 amide bonds. The Bertz CT molecular complexity index is 1360. The van der Waals surface area contributed by atoms with Gasteiger partial charge in [0.05, 0.1) is 35.9 Å². The van der Waals surface area contributed by atoms with Crippen molar-refractivity contribution in [3.8, 4) is 0 Å². The Morgan fingerprint density at radius 1 is 0.838 bits per heavy atom. The third-order valence-electron chi connectivity index (χ3n) is 5.80. The summed E-state index contributed by atoms with van der Waals surface area (Å²) >= 11 is 0. The molecule has 2 heterocycles. The van der Waals surface area contributed by atoms with Crippen LogP contribution in [0, 0.1) is 6.92 Å². The fraction of sp³-hybridized carbons (Fsp3) is 0.360. The molecule has 37 heavy (non-hydrogen) atoms. The van der Waals surface area contributed by atoms with Crippen LogP contribution in [0.1, 0.15) is 49.0 Å². The molecule has 0 radical (unpaired) electrons. The van der Waals surface area contributed by atoms with Crippen LogP contribution in [0.5, 0.6) is 0 Å². The number of aliphatic hydroxyl groups excluding tert-OH is 1. The van der Waals surface area contributed by atoms with Crippen molar-refractivity contribution >= 4 is 21.8 Å². The van der Waals surface area contributed by atoms with E-state index in [1.165, 1.54) is 74.2 Å². The van der Waals surface area contributed by atoms with E-state index in [1.54, 1.807) is 12.1 Å². The number of hydrogen-bond donors (Lipinski definition) is 1. The van der Waals surface area contributed by atoms with E-state index in [9.17, 15) is 23.1 Å². The number of hydrogen-bond acceptors (Lipinski definition) is 9. The lowest BCUT2D eigenvalue weighted by Crippen LogP contribution is -2.25. The Kier molecular flexibility index (Phi) is 8.92. The topological polar surface area (TPSA) is 135 Å². The first kappa shape index (κ1) is 28.1. The molecule has 3 rings (SSSR count). The van der Waals surface area contributed by atoms with E-state index in [1.807, 2.05) is 6.92 Å². The molecule has 0 saturated heterocycles. The first-order valence-corrected chi connectivity index (χ1v) is 12.7. The zero-order chi connectivity index (χ0) is 27.3. The molecule has 2 aromatic heterocycles. The molecule has 1 aromatic carbocycles. The molecule has 2 atom stereocenters. The molecule has 200 valence electrons. The SMILES string of the molecule is COCn1cc(C(=O)OC)cc1C(O)C(c1cc(C(=O)OC)cn1COC)S(=O)(=O)c1ccc(C)cc1. The lowest BCUT2D eigenvalue weighted by atomic mass is 10.1. The number of benzene rings is 1. The molecular formula is C25H30N2O9S. The number of esters is 2. The highest BCUT2D eigenvalue weighted by atomic mass is 32.2. The van der Waals surface area contributed by atoms with E-state index in [-0.39, 0.29) is 40.9 Å². The van der Waals surface area contributed by atoms with E-state index in [2.05, 4.69) is 0 Å². The molecule has 11 nitrogen and oxygen atoms in total. The van der Waals surface area contributed by atoms with E-state index in [0.717, 1.165) is 5.56 Å². The monoisotopic (exact) mass is 534 g/mol. The zero-order valence-corrected chi connectivity index (χ0v) is 22.0. The summed E-state index contributed by atoms with van der Waals surface area (Å²) in [6, 6.07) is 8.88. The smallest absolute Gasteiger partial charge is 0.339 e. The normalized spacial score (nSPS) is 13.2. The van der Waals surface area contributed by atoms with E-state index >= 15 is 0 Å². The van der Waals surface area contributed by atoms with Crippen molar-refractivity contribution in [1.82, 2.24) is 9.13 Å². The summed E-state index contributed by atoms with van der Waals surface area (Å²) in [6.07, 6.45) is 1.09. The van der Waals surface area contributed by atoms with E-state index in [4.69, 9.17) is 18.9 Å². The highest BCUT2D eigenvalue weighted by Gasteiger charge is 2.40. The standard InChI is InChI=1S/C25H30N2O9S/c1-16-6-8-19(9-7-16)37(31,32)23(21-11-18(25(30)36-5)13-27(21)15-34-3)22(28)20-10-17(24(29)35-4)12-26(20)14-33-2/h6-13,22-23,28H,14-15H2,1-5H3. The third kappa shape index (κ3) is 5.77. The number of aryl methyl sites for hydroxylation is 1. The van der Waals surface area contributed by atoms with Crippen molar-refractivity contribution in [3.05, 3.63) is 76.9 Å². The van der Waals surface area contributed by atoms with Crippen LogP contribution in [0.4, 0.5) is 0 Å². The highest BCUT2D eigenvalue weighted by molar-refractivity contribution is 7.91. The van der Waals surface area contributed by atoms with Crippen LogP contribution in [-0.4, -0.2) is 63.0 Å². The van der Waals surface area contributed by atoms with Gasteiger partial charge in [-0.3, -0.25) is 0 Å². The van der Waals surface area contributed by atoms with Crippen molar-refractivity contribution in [1.29, 1.82) is 0 Å². The van der Waals surface area contributed by atoms with Crippen LogP contribution in [0.15, 0.2) is 53.7 Å². The molecular weight excluding hydrogens is 504 g/mol. The summed E-state index contributed by atoms with van der Waals surface area (Å²) in [4.78, 5) is 24.5. The molecule has 0 aliphatic rings. The van der Waals surface area contributed by atoms with Crippen LogP contribution in [0.2, 0.25) is 0 Å². The second kappa shape index (κ2) is 11.7. The first-order chi connectivity index (χ1) is 17.6. The van der Waals surface area contributed by atoms with Gasteiger partial charge in [0.15, 0.2) is 9.84 Å². The molecule has 12 heteroatoms. The van der Waals surface area contributed by atoms with Crippen molar-refractivity contribution in [2.45, 2.75) is 36.6 Å². The maximum Gasteiger partial charge on any atom is 0.339 e. The zero-order valence-electron chi connectivity index (χ0n) is 21.2. The van der Waals surface area contributed by atoms with Gasteiger partial charge in [-0.2, -0.15) is 0 Å². The van der Waals surface area contributed by atoms with E-state index in [0.29, 0.717) is 0 Å². The predicted octanol–water partition coefficient (Wildman–Crippen LogP) is 2.63. The Morgan fingerprint density at radius 3 is 1.76 bits per heavy atom. The number of carbonyl (C=O) groups excluding carboxylic acids is 2. The van der Waals surface area contributed by atoms with E-state index < -0.39 is 33.1 Å². The van der Waals surface area contributed by atoms with Gasteiger partial charge in [-0.15, -0.1) is 0 Å². The summed E-state index contributed by atoms with van der Waals surface area (Å²) in [5.41, 5.74) is 1.20. The maximum atomic E-state index is 14.1. The minimum Gasteiger partial charge on any atom is -0.465 e. The van der Waals surface area contributed by atoms with Crippen LogP contribution in [0.3, 0.4) is 0 Å². The lowest BCUT2D eigenvalue weighted by Gasteiger charge is -2.26. The van der Waals surface area contributed by atoms with Crippen molar-refractivity contribution in [2.75, 3.05) is 28.4 Å². The molecule has 0 aliphatic carbocycles. The number of methoxy groups -OCH3 is 4. The quantitative estimate of drug-likeness (QED) is 0.368. The molecule has 1 N–H and O–H groups in total. The summed E-state index contributed by atoms with van der Waals surface area (Å²) < 4.78 is 51.0. The van der Waals surface area contributed by atoms with Gasteiger partial charge in [0, 0.05) is 32.3 Å². The Morgan fingerprint density at radius 2 is 1.30 bits per heavy atom. The number of aliphatic hydroxyl groups is 1. The van der Waals surface area contributed by atoms with Crippen LogP contribution in [0.25, 0.3) is 0 Å². The molecule has 0 spiro atoms. The minimum absolute atomic E-state index is 0.0371. The average molecular weight is 535 g/mol. The molecule has 0 bridgehead atoms. The van der Waals surface area contributed by atoms with Gasteiger partial charge in [-0.1, -0.05) is 17.7 Å². The third-order valence-corrected chi connectivity index (χ3v) is 7.90. The van der Waals surface area contributed by atoms with Crippen molar-refractivity contribution in [3.63, 3.8) is 0 Å². The molecule has 3 aromatic rings. The minimum atomic E-state index is -4.28. The number of sulfone groups is 1. The van der Waals surface area contributed by atoms with Crippen molar-refractivity contribution < 1.29 is 42.1 Å². The number of rotatable bonds is 11. The number of carbonyl (C=O) groups is 2. The Labute approximate surface area is 215 Å². The summed E-state index contributed by atoms with van der Waals surface area (Å²) in [5, 5.41) is 10.1. The molecule has 0 saturated carbocycles.